The smallest absolute Gasteiger partial charge is 0.287 e. The minimum Gasteiger partial charge on any atom is -0.459 e. The zero-order valence-corrected chi connectivity index (χ0v) is 11.1. The van der Waals surface area contributed by atoms with Gasteiger partial charge in [0.05, 0.1) is 12.4 Å². The van der Waals surface area contributed by atoms with E-state index in [2.05, 4.69) is 5.32 Å². The normalized spacial score (nSPS) is 22.2. The minimum atomic E-state index is -0.388. The third-order valence-corrected chi connectivity index (χ3v) is 3.06. The summed E-state index contributed by atoms with van der Waals surface area (Å²) in [5, 5.41) is 2.73. The number of amides is 2. The third kappa shape index (κ3) is 3.35. The standard InChI is InChI=1S/C13H18N2O4/c1-15(2)13(17)11-6-5-9(19-11)8-14-12(16)10-4-3-7-18-10/h3-4,7,9,11H,5-6,8H2,1-2H3,(H,14,16)/t9-,11+/m0/s1. The van der Waals surface area contributed by atoms with Crippen molar-refractivity contribution in [3.8, 4) is 0 Å². The Morgan fingerprint density at radius 1 is 1.42 bits per heavy atom. The van der Waals surface area contributed by atoms with Crippen LogP contribution < -0.4 is 5.32 Å². The van der Waals surface area contributed by atoms with Gasteiger partial charge in [0.2, 0.25) is 0 Å². The largest absolute Gasteiger partial charge is 0.459 e. The number of rotatable bonds is 4. The van der Waals surface area contributed by atoms with E-state index < -0.39 is 0 Å². The first-order valence-corrected chi connectivity index (χ1v) is 6.26. The summed E-state index contributed by atoms with van der Waals surface area (Å²) in [6.07, 6.45) is 2.40. The molecular weight excluding hydrogens is 248 g/mol. The molecule has 6 heteroatoms. The van der Waals surface area contributed by atoms with Crippen LogP contribution in [-0.4, -0.2) is 49.6 Å². The molecule has 0 radical (unpaired) electrons. The second-order valence-electron chi connectivity index (χ2n) is 4.74. The van der Waals surface area contributed by atoms with Crippen LogP contribution in [0.25, 0.3) is 0 Å². The van der Waals surface area contributed by atoms with E-state index in [1.54, 1.807) is 26.2 Å². The molecule has 2 atom stereocenters. The summed E-state index contributed by atoms with van der Waals surface area (Å²) in [7, 11) is 3.41. The number of nitrogens with zero attached hydrogens (tertiary/aromatic N) is 1. The lowest BCUT2D eigenvalue weighted by Gasteiger charge is -2.17. The molecule has 1 N–H and O–H groups in total. The number of furan rings is 1. The second kappa shape index (κ2) is 5.88. The number of likely N-dealkylation sites (N-methyl/N-ethyl adjacent to an activating group) is 1. The Bertz CT molecular complexity index is 442. The molecule has 19 heavy (non-hydrogen) atoms. The average molecular weight is 266 g/mol. The van der Waals surface area contributed by atoms with Crippen molar-refractivity contribution in [2.24, 2.45) is 0 Å². The van der Waals surface area contributed by atoms with Gasteiger partial charge in [-0.05, 0) is 25.0 Å². The molecule has 0 saturated carbocycles. The summed E-state index contributed by atoms with van der Waals surface area (Å²) in [6, 6.07) is 3.26. The van der Waals surface area contributed by atoms with E-state index in [1.165, 1.54) is 11.2 Å². The highest BCUT2D eigenvalue weighted by atomic mass is 16.5. The number of hydrogen-bond acceptors (Lipinski definition) is 4. The fourth-order valence-corrected chi connectivity index (χ4v) is 2.03. The summed E-state index contributed by atoms with van der Waals surface area (Å²) in [6.45, 7) is 0.386. The molecule has 0 aliphatic carbocycles. The molecular formula is C13H18N2O4. The first-order chi connectivity index (χ1) is 9.08. The van der Waals surface area contributed by atoms with Crippen LogP contribution in [0.15, 0.2) is 22.8 Å². The van der Waals surface area contributed by atoms with Crippen molar-refractivity contribution >= 4 is 11.8 Å². The van der Waals surface area contributed by atoms with E-state index in [0.717, 1.165) is 6.42 Å². The van der Waals surface area contributed by atoms with Gasteiger partial charge < -0.3 is 19.4 Å². The van der Waals surface area contributed by atoms with E-state index in [9.17, 15) is 9.59 Å². The molecule has 0 bridgehead atoms. The highest BCUT2D eigenvalue weighted by Crippen LogP contribution is 2.20. The first-order valence-electron chi connectivity index (χ1n) is 6.26. The molecule has 1 aromatic heterocycles. The maximum atomic E-state index is 11.7. The molecule has 1 aliphatic heterocycles. The lowest BCUT2D eigenvalue weighted by Crippen LogP contribution is -2.36. The maximum absolute atomic E-state index is 11.7. The van der Waals surface area contributed by atoms with Crippen molar-refractivity contribution < 1.29 is 18.7 Å². The third-order valence-electron chi connectivity index (χ3n) is 3.06. The van der Waals surface area contributed by atoms with Crippen LogP contribution in [0.5, 0.6) is 0 Å². The van der Waals surface area contributed by atoms with Gasteiger partial charge in [-0.3, -0.25) is 9.59 Å². The highest BCUT2D eigenvalue weighted by molar-refractivity contribution is 5.91. The maximum Gasteiger partial charge on any atom is 0.287 e. The van der Waals surface area contributed by atoms with Crippen molar-refractivity contribution in [3.05, 3.63) is 24.2 Å². The lowest BCUT2D eigenvalue weighted by atomic mass is 10.2. The number of nitrogens with one attached hydrogen (secondary N) is 1. The van der Waals surface area contributed by atoms with Gasteiger partial charge in [-0.2, -0.15) is 0 Å². The Morgan fingerprint density at radius 3 is 2.84 bits per heavy atom. The molecule has 104 valence electrons. The molecule has 2 amide bonds. The van der Waals surface area contributed by atoms with Gasteiger partial charge in [0, 0.05) is 20.6 Å². The van der Waals surface area contributed by atoms with Crippen LogP contribution in [0.2, 0.25) is 0 Å². The summed E-state index contributed by atoms with van der Waals surface area (Å²) >= 11 is 0. The van der Waals surface area contributed by atoms with Gasteiger partial charge in [0.25, 0.3) is 11.8 Å². The van der Waals surface area contributed by atoms with E-state index in [0.29, 0.717) is 13.0 Å². The molecule has 6 nitrogen and oxygen atoms in total. The van der Waals surface area contributed by atoms with E-state index >= 15 is 0 Å². The van der Waals surface area contributed by atoms with Gasteiger partial charge in [-0.15, -0.1) is 0 Å². The SMILES string of the molecule is CN(C)C(=O)[C@H]1CC[C@@H](CNC(=O)c2ccco2)O1. The Balaban J connectivity index is 1.77. The molecule has 1 saturated heterocycles. The molecule has 0 unspecified atom stereocenters. The number of carbonyl (C=O) groups excluding carboxylic acids is 2. The van der Waals surface area contributed by atoms with Crippen molar-refractivity contribution in [2.45, 2.75) is 25.0 Å². The lowest BCUT2D eigenvalue weighted by molar-refractivity contribution is -0.140. The molecule has 2 rings (SSSR count). The molecule has 1 aromatic rings. The summed E-state index contributed by atoms with van der Waals surface area (Å²) in [5.74, 6) is -0.0187. The van der Waals surface area contributed by atoms with Gasteiger partial charge in [-0.1, -0.05) is 0 Å². The van der Waals surface area contributed by atoms with Crippen LogP contribution >= 0.6 is 0 Å². The van der Waals surface area contributed by atoms with E-state index in [1.807, 2.05) is 0 Å². The summed E-state index contributed by atoms with van der Waals surface area (Å²) < 4.78 is 10.6. The fourth-order valence-electron chi connectivity index (χ4n) is 2.03. The molecule has 1 aliphatic rings. The fraction of sp³-hybridized carbons (Fsp3) is 0.538. The van der Waals surface area contributed by atoms with Crippen LogP contribution in [0.1, 0.15) is 23.4 Å². The van der Waals surface area contributed by atoms with E-state index in [4.69, 9.17) is 9.15 Å². The Kier molecular flexibility index (Phi) is 4.21. The van der Waals surface area contributed by atoms with Crippen molar-refractivity contribution in [2.75, 3.05) is 20.6 Å². The van der Waals surface area contributed by atoms with Crippen LogP contribution in [0, 0.1) is 0 Å². The predicted molar refractivity (Wildman–Crippen MR) is 67.6 cm³/mol. The average Bonchev–Trinajstić information content (AvgIpc) is 3.06. The summed E-state index contributed by atoms with van der Waals surface area (Å²) in [5.41, 5.74) is 0. The van der Waals surface area contributed by atoms with Crippen molar-refractivity contribution in [1.82, 2.24) is 10.2 Å². The quantitative estimate of drug-likeness (QED) is 0.868. The first kappa shape index (κ1) is 13.6. The van der Waals surface area contributed by atoms with Crippen LogP contribution in [0.4, 0.5) is 0 Å². The second-order valence-corrected chi connectivity index (χ2v) is 4.74. The zero-order valence-electron chi connectivity index (χ0n) is 11.1. The van der Waals surface area contributed by atoms with Gasteiger partial charge in [0.15, 0.2) is 5.76 Å². The number of ether oxygens (including phenoxy) is 1. The topological polar surface area (TPSA) is 71.8 Å². The zero-order chi connectivity index (χ0) is 13.8. The van der Waals surface area contributed by atoms with Crippen molar-refractivity contribution in [3.63, 3.8) is 0 Å². The monoisotopic (exact) mass is 266 g/mol. The molecule has 0 spiro atoms. The summed E-state index contributed by atoms with van der Waals surface area (Å²) in [4.78, 5) is 24.9. The Labute approximate surface area is 111 Å². The number of carbonyl (C=O) groups is 2. The van der Waals surface area contributed by atoms with E-state index in [-0.39, 0.29) is 29.8 Å². The molecule has 1 fully saturated rings. The van der Waals surface area contributed by atoms with Crippen LogP contribution in [-0.2, 0) is 9.53 Å². The molecule has 2 heterocycles. The Morgan fingerprint density at radius 2 is 2.21 bits per heavy atom. The van der Waals surface area contributed by atoms with Crippen molar-refractivity contribution in [1.29, 1.82) is 0 Å². The minimum absolute atomic E-state index is 0.0279. The van der Waals surface area contributed by atoms with Gasteiger partial charge in [-0.25, -0.2) is 0 Å². The van der Waals surface area contributed by atoms with Gasteiger partial charge >= 0.3 is 0 Å². The van der Waals surface area contributed by atoms with Crippen LogP contribution in [0.3, 0.4) is 0 Å². The highest BCUT2D eigenvalue weighted by Gasteiger charge is 2.31. The molecule has 0 aromatic carbocycles. The number of hydrogen-bond donors (Lipinski definition) is 1. The Hall–Kier alpha value is -1.82. The van der Waals surface area contributed by atoms with Gasteiger partial charge in [0.1, 0.15) is 6.10 Å². The predicted octanol–water partition coefficient (Wildman–Crippen LogP) is 0.645.